The van der Waals surface area contributed by atoms with E-state index in [2.05, 4.69) is 10.6 Å². The van der Waals surface area contributed by atoms with E-state index in [9.17, 15) is 19.2 Å². The van der Waals surface area contributed by atoms with E-state index in [1.54, 1.807) is 43.5 Å². The number of halogens is 1. The molecule has 0 unspecified atom stereocenters. The second-order valence-corrected chi connectivity index (χ2v) is 7.74. The van der Waals surface area contributed by atoms with Crippen molar-refractivity contribution in [2.24, 2.45) is 0 Å². The van der Waals surface area contributed by atoms with Crippen molar-refractivity contribution >= 4 is 51.8 Å². The van der Waals surface area contributed by atoms with Crippen molar-refractivity contribution in [3.8, 4) is 0 Å². The molecule has 1 aromatic heterocycles. The summed E-state index contributed by atoms with van der Waals surface area (Å²) in [6.45, 7) is 2.95. The molecule has 3 rings (SSSR count). The van der Waals surface area contributed by atoms with E-state index in [1.807, 2.05) is 0 Å². The number of urea groups is 1. The molecule has 2 heterocycles. The minimum absolute atomic E-state index is 0.202. The average molecular weight is 436 g/mol. The van der Waals surface area contributed by atoms with Crippen molar-refractivity contribution in [3.05, 3.63) is 51.9 Å². The summed E-state index contributed by atoms with van der Waals surface area (Å²) in [6.07, 6.45) is 0. The minimum atomic E-state index is -1.30. The lowest BCUT2D eigenvalue weighted by Crippen LogP contribution is -2.42. The summed E-state index contributed by atoms with van der Waals surface area (Å²) < 4.78 is 4.94. The third kappa shape index (κ3) is 4.10. The number of rotatable bonds is 6. The Morgan fingerprint density at radius 3 is 2.59 bits per heavy atom. The molecule has 152 valence electrons. The second-order valence-electron chi connectivity index (χ2n) is 6.39. The zero-order valence-corrected chi connectivity index (χ0v) is 17.2. The number of hydrogen-bond acceptors (Lipinski definition) is 6. The number of nitrogens with one attached hydrogen (secondary N) is 2. The molecule has 10 heteroatoms. The van der Waals surface area contributed by atoms with E-state index in [0.29, 0.717) is 15.6 Å². The van der Waals surface area contributed by atoms with Crippen LogP contribution in [0.5, 0.6) is 0 Å². The van der Waals surface area contributed by atoms with Gasteiger partial charge in [-0.2, -0.15) is 0 Å². The average Bonchev–Trinajstić information content (AvgIpc) is 3.21. The van der Waals surface area contributed by atoms with Crippen molar-refractivity contribution in [2.75, 3.05) is 18.5 Å². The van der Waals surface area contributed by atoms with Gasteiger partial charge in [0.05, 0.1) is 12.2 Å². The fraction of sp³-hybridized carbons (Fsp3) is 0.263. The maximum Gasteiger partial charge on any atom is 0.341 e. The molecule has 0 saturated carbocycles. The van der Waals surface area contributed by atoms with E-state index in [-0.39, 0.29) is 12.2 Å². The molecule has 0 aliphatic carbocycles. The summed E-state index contributed by atoms with van der Waals surface area (Å²) >= 11 is 7.02. The molecular formula is C19H18ClN3O5S. The van der Waals surface area contributed by atoms with Gasteiger partial charge >= 0.3 is 12.0 Å². The number of benzene rings is 1. The van der Waals surface area contributed by atoms with Gasteiger partial charge < -0.3 is 15.4 Å². The first-order valence-electron chi connectivity index (χ1n) is 8.71. The lowest BCUT2D eigenvalue weighted by atomic mass is 9.92. The highest BCUT2D eigenvalue weighted by atomic mass is 35.5. The maximum atomic E-state index is 12.9. The summed E-state index contributed by atoms with van der Waals surface area (Å²) in [4.78, 5) is 50.4. The zero-order valence-electron chi connectivity index (χ0n) is 15.7. The molecule has 2 aromatic rings. The van der Waals surface area contributed by atoms with Crippen LogP contribution in [0.15, 0.2) is 35.7 Å². The molecule has 1 aromatic carbocycles. The number of thiophene rings is 1. The van der Waals surface area contributed by atoms with Gasteiger partial charge in [-0.1, -0.05) is 23.7 Å². The topological polar surface area (TPSA) is 105 Å². The van der Waals surface area contributed by atoms with E-state index in [4.69, 9.17) is 16.3 Å². The highest BCUT2D eigenvalue weighted by molar-refractivity contribution is 7.14. The van der Waals surface area contributed by atoms with Crippen molar-refractivity contribution in [2.45, 2.75) is 19.4 Å². The number of anilines is 1. The molecule has 4 amide bonds. The monoisotopic (exact) mass is 435 g/mol. The number of hydrogen-bond donors (Lipinski definition) is 2. The van der Waals surface area contributed by atoms with Crippen molar-refractivity contribution in [1.29, 1.82) is 0 Å². The van der Waals surface area contributed by atoms with Gasteiger partial charge in [-0.05, 0) is 43.0 Å². The Morgan fingerprint density at radius 1 is 1.24 bits per heavy atom. The van der Waals surface area contributed by atoms with Gasteiger partial charge in [0.15, 0.2) is 0 Å². The standard InChI is InChI=1S/C19H18ClN3O5S/c1-3-28-16(25)13-8-9-29-15(13)21-14(24)10-23-17(26)19(2,22-18(23)27)11-4-6-12(20)7-5-11/h4-9H,3,10H2,1-2H3,(H,21,24)(H,22,27)/t19-/m0/s1. The molecule has 1 saturated heterocycles. The molecule has 1 aliphatic rings. The number of esters is 1. The third-order valence-corrected chi connectivity index (χ3v) is 5.49. The van der Waals surface area contributed by atoms with Crippen LogP contribution in [-0.4, -0.2) is 41.9 Å². The fourth-order valence-electron chi connectivity index (χ4n) is 2.90. The number of nitrogens with zero attached hydrogens (tertiary/aromatic N) is 1. The van der Waals surface area contributed by atoms with Crippen LogP contribution in [0.25, 0.3) is 0 Å². The zero-order chi connectivity index (χ0) is 21.2. The van der Waals surface area contributed by atoms with E-state index < -0.39 is 35.9 Å². The van der Waals surface area contributed by atoms with Crippen LogP contribution < -0.4 is 10.6 Å². The number of imide groups is 1. The first kappa shape index (κ1) is 20.8. The van der Waals surface area contributed by atoms with Crippen molar-refractivity contribution in [3.63, 3.8) is 0 Å². The van der Waals surface area contributed by atoms with Gasteiger partial charge in [0.1, 0.15) is 17.1 Å². The molecule has 0 bridgehead atoms. The lowest BCUT2D eigenvalue weighted by molar-refractivity contribution is -0.133. The Kier molecular flexibility index (Phi) is 5.90. The van der Waals surface area contributed by atoms with E-state index >= 15 is 0 Å². The Hall–Kier alpha value is -2.91. The molecule has 2 N–H and O–H groups in total. The highest BCUT2D eigenvalue weighted by Gasteiger charge is 2.49. The molecule has 8 nitrogen and oxygen atoms in total. The first-order valence-corrected chi connectivity index (χ1v) is 9.96. The molecule has 0 radical (unpaired) electrons. The van der Waals surface area contributed by atoms with Gasteiger partial charge in [0.25, 0.3) is 5.91 Å². The quantitative estimate of drug-likeness (QED) is 0.536. The molecule has 1 aliphatic heterocycles. The summed E-state index contributed by atoms with van der Waals surface area (Å²) in [5.74, 6) is -1.73. The van der Waals surface area contributed by atoms with Crippen molar-refractivity contribution in [1.82, 2.24) is 10.2 Å². The summed E-state index contributed by atoms with van der Waals surface area (Å²) in [5, 5.41) is 7.60. The summed E-state index contributed by atoms with van der Waals surface area (Å²) in [6, 6.07) is 7.36. The number of carbonyl (C=O) groups excluding carboxylic acids is 4. The van der Waals surface area contributed by atoms with Crippen LogP contribution >= 0.6 is 22.9 Å². The van der Waals surface area contributed by atoms with Crippen LogP contribution in [0.2, 0.25) is 5.02 Å². The Morgan fingerprint density at radius 2 is 1.93 bits per heavy atom. The first-order chi connectivity index (χ1) is 13.8. The van der Waals surface area contributed by atoms with Crippen LogP contribution in [0, 0.1) is 0 Å². The van der Waals surface area contributed by atoms with Gasteiger partial charge in [0.2, 0.25) is 5.91 Å². The largest absolute Gasteiger partial charge is 0.462 e. The van der Waals surface area contributed by atoms with Gasteiger partial charge in [0, 0.05) is 5.02 Å². The minimum Gasteiger partial charge on any atom is -0.462 e. The predicted molar refractivity (Wildman–Crippen MR) is 108 cm³/mol. The lowest BCUT2D eigenvalue weighted by Gasteiger charge is -2.22. The van der Waals surface area contributed by atoms with E-state index in [0.717, 1.165) is 16.2 Å². The summed E-state index contributed by atoms with van der Waals surface area (Å²) in [5.41, 5.74) is -0.541. The van der Waals surface area contributed by atoms with Gasteiger partial charge in [-0.3, -0.25) is 14.5 Å². The van der Waals surface area contributed by atoms with E-state index in [1.165, 1.54) is 6.07 Å². The second kappa shape index (κ2) is 8.22. The molecule has 0 spiro atoms. The van der Waals surface area contributed by atoms with Gasteiger partial charge in [-0.15, -0.1) is 11.3 Å². The Balaban J connectivity index is 1.72. The molecule has 29 heavy (non-hydrogen) atoms. The fourth-order valence-corrected chi connectivity index (χ4v) is 3.82. The third-order valence-electron chi connectivity index (χ3n) is 4.41. The maximum absolute atomic E-state index is 12.9. The number of ether oxygens (including phenoxy) is 1. The molecule has 1 fully saturated rings. The number of carbonyl (C=O) groups is 4. The smallest absolute Gasteiger partial charge is 0.341 e. The van der Waals surface area contributed by atoms with Gasteiger partial charge in [-0.25, -0.2) is 9.59 Å². The van der Waals surface area contributed by atoms with Crippen LogP contribution in [0.4, 0.5) is 9.80 Å². The Bertz CT molecular complexity index is 974. The molecule has 1 atom stereocenters. The predicted octanol–water partition coefficient (Wildman–Crippen LogP) is 2.98. The summed E-state index contributed by atoms with van der Waals surface area (Å²) in [7, 11) is 0. The highest BCUT2D eigenvalue weighted by Crippen LogP contribution is 2.30. The van der Waals surface area contributed by atoms with Crippen LogP contribution in [0.3, 0.4) is 0 Å². The Labute approximate surface area is 175 Å². The van der Waals surface area contributed by atoms with Crippen molar-refractivity contribution < 1.29 is 23.9 Å². The normalized spacial score (nSPS) is 18.5. The number of amides is 4. The van der Waals surface area contributed by atoms with Crippen LogP contribution in [-0.2, 0) is 19.9 Å². The van der Waals surface area contributed by atoms with Crippen LogP contribution in [0.1, 0.15) is 29.8 Å². The molecular weight excluding hydrogens is 418 g/mol. The SMILES string of the molecule is CCOC(=O)c1ccsc1NC(=O)CN1C(=O)N[C@@](C)(c2ccc(Cl)cc2)C1=O.